The molecular formula is C10H8Te. The van der Waals surface area contributed by atoms with Crippen LogP contribution in [0.15, 0.2) is 55.9 Å². The molecule has 0 aromatic rings. The summed E-state index contributed by atoms with van der Waals surface area (Å²) in [6.45, 7) is 0. The van der Waals surface area contributed by atoms with Crippen molar-refractivity contribution in [1.82, 2.24) is 0 Å². The Hall–Kier alpha value is -0.510. The molecule has 54 valence electrons. The van der Waals surface area contributed by atoms with E-state index in [2.05, 4.69) is 44.7 Å². The molecule has 0 bridgehead atoms. The van der Waals surface area contributed by atoms with Gasteiger partial charge in [-0.25, -0.2) is 0 Å². The first kappa shape index (κ1) is 7.16. The average Bonchev–Trinajstić information content (AvgIpc) is 2.28. The molecule has 11 heavy (non-hydrogen) atoms. The molecule has 0 aromatic heterocycles. The second-order valence-corrected chi connectivity index (χ2v) is 4.60. The van der Waals surface area contributed by atoms with E-state index < -0.39 is 0 Å². The SMILES string of the molecule is C1=CC=C2C=C[Te]C=C2C=C1. The summed E-state index contributed by atoms with van der Waals surface area (Å²) in [6, 6.07) is 0. The molecule has 0 unspecified atom stereocenters. The topological polar surface area (TPSA) is 0 Å². The molecule has 0 saturated carbocycles. The maximum absolute atomic E-state index is 2.38. The van der Waals surface area contributed by atoms with Crippen molar-refractivity contribution in [2.24, 2.45) is 0 Å². The predicted molar refractivity (Wildman–Crippen MR) is 49.3 cm³/mol. The van der Waals surface area contributed by atoms with E-state index in [9.17, 15) is 0 Å². The molecule has 1 aliphatic carbocycles. The van der Waals surface area contributed by atoms with E-state index in [1.165, 1.54) is 11.1 Å². The molecule has 0 nitrogen and oxygen atoms in total. The molecule has 0 N–H and O–H groups in total. The van der Waals surface area contributed by atoms with Gasteiger partial charge in [-0.05, 0) is 0 Å². The molecular weight excluding hydrogens is 248 g/mol. The van der Waals surface area contributed by atoms with E-state index in [0.29, 0.717) is 0 Å². The quantitative estimate of drug-likeness (QED) is 0.582. The molecule has 0 radical (unpaired) electrons. The molecule has 0 spiro atoms. The van der Waals surface area contributed by atoms with Crippen molar-refractivity contribution in [3.63, 3.8) is 0 Å². The first-order valence-electron chi connectivity index (χ1n) is 3.54. The van der Waals surface area contributed by atoms with Crippen LogP contribution in [-0.4, -0.2) is 20.9 Å². The summed E-state index contributed by atoms with van der Waals surface area (Å²) in [5, 5.41) is 0. The van der Waals surface area contributed by atoms with Crippen molar-refractivity contribution in [1.29, 1.82) is 0 Å². The van der Waals surface area contributed by atoms with Crippen LogP contribution >= 0.6 is 0 Å². The van der Waals surface area contributed by atoms with Crippen molar-refractivity contribution in [3.05, 3.63) is 55.9 Å². The maximum atomic E-state index is 2.38. The van der Waals surface area contributed by atoms with Gasteiger partial charge in [0.05, 0.1) is 0 Å². The van der Waals surface area contributed by atoms with Gasteiger partial charge in [0.15, 0.2) is 0 Å². The van der Waals surface area contributed by atoms with E-state index in [-0.39, 0.29) is 20.9 Å². The Morgan fingerprint density at radius 1 is 0.909 bits per heavy atom. The van der Waals surface area contributed by atoms with Crippen LogP contribution in [0, 0.1) is 0 Å². The van der Waals surface area contributed by atoms with Crippen LogP contribution < -0.4 is 0 Å². The molecule has 0 fully saturated rings. The molecule has 1 heteroatoms. The summed E-state index contributed by atoms with van der Waals surface area (Å²) < 4.78 is 4.69. The zero-order valence-electron chi connectivity index (χ0n) is 6.03. The van der Waals surface area contributed by atoms with Gasteiger partial charge < -0.3 is 0 Å². The summed E-state index contributed by atoms with van der Waals surface area (Å²) >= 11 is 0.0354. The number of hydrogen-bond acceptors (Lipinski definition) is 0. The van der Waals surface area contributed by atoms with Crippen LogP contribution in [-0.2, 0) is 0 Å². The molecule has 2 rings (SSSR count). The fourth-order valence-corrected chi connectivity index (χ4v) is 2.96. The Labute approximate surface area is 76.8 Å². The summed E-state index contributed by atoms with van der Waals surface area (Å²) in [4.78, 5) is 0. The van der Waals surface area contributed by atoms with Gasteiger partial charge in [-0.2, -0.15) is 0 Å². The van der Waals surface area contributed by atoms with E-state index >= 15 is 0 Å². The van der Waals surface area contributed by atoms with Gasteiger partial charge in [-0.1, -0.05) is 0 Å². The van der Waals surface area contributed by atoms with Gasteiger partial charge in [-0.15, -0.1) is 0 Å². The first-order valence-corrected chi connectivity index (χ1v) is 6.23. The molecule has 0 aromatic carbocycles. The second kappa shape index (κ2) is 3.26. The zero-order chi connectivity index (χ0) is 7.52. The third-order valence-corrected chi connectivity index (χ3v) is 3.58. The van der Waals surface area contributed by atoms with E-state index in [0.717, 1.165) is 0 Å². The molecule has 0 amide bonds. The van der Waals surface area contributed by atoms with Crippen LogP contribution in [0.25, 0.3) is 0 Å². The predicted octanol–water partition coefficient (Wildman–Crippen LogP) is 2.15. The van der Waals surface area contributed by atoms with Gasteiger partial charge >= 0.3 is 76.8 Å². The summed E-state index contributed by atoms with van der Waals surface area (Å²) in [6.07, 6.45) is 12.8. The van der Waals surface area contributed by atoms with Crippen molar-refractivity contribution in [3.8, 4) is 0 Å². The number of allylic oxidation sites excluding steroid dienone is 8. The molecule has 0 atom stereocenters. The normalized spacial score (nSPS) is 20.4. The van der Waals surface area contributed by atoms with E-state index in [1.54, 1.807) is 0 Å². The van der Waals surface area contributed by atoms with E-state index in [4.69, 9.17) is 0 Å². The van der Waals surface area contributed by atoms with Crippen LogP contribution in [0.5, 0.6) is 0 Å². The second-order valence-electron chi connectivity index (χ2n) is 2.38. The van der Waals surface area contributed by atoms with Gasteiger partial charge in [0, 0.05) is 0 Å². The summed E-state index contributed by atoms with van der Waals surface area (Å²) in [5.74, 6) is 0. The molecule has 2 aliphatic rings. The third kappa shape index (κ3) is 1.56. The fraction of sp³-hybridized carbons (Fsp3) is 0. The van der Waals surface area contributed by atoms with Gasteiger partial charge in [-0.3, -0.25) is 0 Å². The summed E-state index contributed by atoms with van der Waals surface area (Å²) in [5.41, 5.74) is 2.76. The first-order chi connectivity index (χ1) is 5.47. The zero-order valence-corrected chi connectivity index (χ0v) is 8.36. The van der Waals surface area contributed by atoms with Gasteiger partial charge in [0.2, 0.25) is 0 Å². The van der Waals surface area contributed by atoms with Gasteiger partial charge in [0.1, 0.15) is 0 Å². The van der Waals surface area contributed by atoms with Crippen molar-refractivity contribution >= 4 is 20.9 Å². The minimum atomic E-state index is 0.0354. The fourth-order valence-electron chi connectivity index (χ4n) is 1.06. The summed E-state index contributed by atoms with van der Waals surface area (Å²) in [7, 11) is 0. The average molecular weight is 256 g/mol. The third-order valence-electron chi connectivity index (χ3n) is 1.63. The number of fused-ring (bicyclic) bond motifs is 1. The number of rotatable bonds is 0. The molecule has 0 saturated heterocycles. The Morgan fingerprint density at radius 3 is 2.91 bits per heavy atom. The Morgan fingerprint density at radius 2 is 1.91 bits per heavy atom. The van der Waals surface area contributed by atoms with E-state index in [1.807, 2.05) is 0 Å². The van der Waals surface area contributed by atoms with Crippen LogP contribution in [0.2, 0.25) is 0 Å². The van der Waals surface area contributed by atoms with Crippen molar-refractivity contribution in [2.45, 2.75) is 0 Å². The Kier molecular flexibility index (Phi) is 2.12. The van der Waals surface area contributed by atoms with Crippen molar-refractivity contribution < 1.29 is 0 Å². The Balaban J connectivity index is 2.44. The van der Waals surface area contributed by atoms with Crippen molar-refractivity contribution in [2.75, 3.05) is 0 Å². The van der Waals surface area contributed by atoms with Crippen LogP contribution in [0.1, 0.15) is 0 Å². The minimum absolute atomic E-state index is 0.0354. The van der Waals surface area contributed by atoms with Crippen LogP contribution in [0.3, 0.4) is 0 Å². The number of hydrogen-bond donors (Lipinski definition) is 0. The van der Waals surface area contributed by atoms with Gasteiger partial charge in [0.25, 0.3) is 0 Å². The standard InChI is InChI=1S/C10H8Te/c1-2-4-9-6-7-11-8-10(9)5-3-1/h1-8H. The molecule has 1 heterocycles. The Bertz CT molecular complexity index is 301. The monoisotopic (exact) mass is 258 g/mol. The molecule has 1 aliphatic heterocycles. The van der Waals surface area contributed by atoms with Crippen LogP contribution in [0.4, 0.5) is 0 Å².